The summed E-state index contributed by atoms with van der Waals surface area (Å²) in [6.45, 7) is 0.340. The van der Waals surface area contributed by atoms with Crippen molar-refractivity contribution >= 4 is 22.7 Å². The molecule has 3 aromatic rings. The van der Waals surface area contributed by atoms with Crippen LogP contribution in [0.1, 0.15) is 31.2 Å². The van der Waals surface area contributed by atoms with Crippen LogP contribution >= 0.6 is 0 Å². The SMILES string of the molecule is CN(C)c1nc(NC2CCC(NCc3cc(F)ccc3F)CC2)nc2ccccc12. The summed E-state index contributed by atoms with van der Waals surface area (Å²) in [6, 6.07) is 12.2. The molecule has 7 heteroatoms. The minimum absolute atomic E-state index is 0.292. The maximum atomic E-state index is 13.8. The Bertz CT molecular complexity index is 1020. The van der Waals surface area contributed by atoms with Gasteiger partial charge in [-0.2, -0.15) is 4.98 Å². The van der Waals surface area contributed by atoms with E-state index >= 15 is 0 Å². The second-order valence-electron chi connectivity index (χ2n) is 8.09. The van der Waals surface area contributed by atoms with Crippen LogP contribution in [0.25, 0.3) is 10.9 Å². The molecule has 0 radical (unpaired) electrons. The molecule has 30 heavy (non-hydrogen) atoms. The van der Waals surface area contributed by atoms with Crippen LogP contribution in [0.15, 0.2) is 42.5 Å². The van der Waals surface area contributed by atoms with Gasteiger partial charge in [0, 0.05) is 43.7 Å². The Morgan fingerprint density at radius 2 is 1.70 bits per heavy atom. The molecule has 0 atom stereocenters. The fourth-order valence-corrected chi connectivity index (χ4v) is 4.02. The number of para-hydroxylation sites is 1. The van der Waals surface area contributed by atoms with Crippen LogP contribution in [-0.2, 0) is 6.54 Å². The Morgan fingerprint density at radius 3 is 2.47 bits per heavy atom. The van der Waals surface area contributed by atoms with Crippen LogP contribution in [-0.4, -0.2) is 36.1 Å². The van der Waals surface area contributed by atoms with E-state index in [4.69, 9.17) is 4.98 Å². The van der Waals surface area contributed by atoms with E-state index in [1.54, 1.807) is 0 Å². The molecule has 4 rings (SSSR count). The lowest BCUT2D eigenvalue weighted by Gasteiger charge is -2.30. The summed E-state index contributed by atoms with van der Waals surface area (Å²) >= 11 is 0. The Labute approximate surface area is 175 Å². The molecule has 2 aromatic carbocycles. The fourth-order valence-electron chi connectivity index (χ4n) is 4.02. The van der Waals surface area contributed by atoms with E-state index in [1.165, 1.54) is 12.1 Å². The number of anilines is 2. The maximum absolute atomic E-state index is 13.8. The van der Waals surface area contributed by atoms with Crippen LogP contribution in [0.3, 0.4) is 0 Å². The molecule has 0 aliphatic heterocycles. The van der Waals surface area contributed by atoms with Crippen molar-refractivity contribution in [1.82, 2.24) is 15.3 Å². The lowest BCUT2D eigenvalue weighted by molar-refractivity contribution is 0.350. The number of benzene rings is 2. The summed E-state index contributed by atoms with van der Waals surface area (Å²) in [5.74, 6) is 0.768. The van der Waals surface area contributed by atoms with Gasteiger partial charge in [-0.05, 0) is 56.0 Å². The molecule has 1 saturated carbocycles. The summed E-state index contributed by atoms with van der Waals surface area (Å²) < 4.78 is 27.1. The van der Waals surface area contributed by atoms with Gasteiger partial charge in [-0.25, -0.2) is 13.8 Å². The molecular formula is C23H27F2N5. The smallest absolute Gasteiger partial charge is 0.225 e. The van der Waals surface area contributed by atoms with Crippen LogP contribution in [0, 0.1) is 11.6 Å². The molecule has 1 fully saturated rings. The minimum Gasteiger partial charge on any atom is -0.362 e. The normalized spacial score (nSPS) is 19.1. The number of rotatable bonds is 6. The third-order valence-corrected chi connectivity index (χ3v) is 5.66. The van der Waals surface area contributed by atoms with Gasteiger partial charge in [-0.3, -0.25) is 0 Å². The Morgan fingerprint density at radius 1 is 0.967 bits per heavy atom. The van der Waals surface area contributed by atoms with Gasteiger partial charge in [0.1, 0.15) is 17.5 Å². The highest BCUT2D eigenvalue weighted by Crippen LogP contribution is 2.26. The minimum atomic E-state index is -0.409. The number of aromatic nitrogens is 2. The first-order chi connectivity index (χ1) is 14.5. The van der Waals surface area contributed by atoms with Crippen LogP contribution in [0.4, 0.5) is 20.5 Å². The molecule has 0 saturated heterocycles. The summed E-state index contributed by atoms with van der Waals surface area (Å²) in [7, 11) is 3.97. The summed E-state index contributed by atoms with van der Waals surface area (Å²) in [6.07, 6.45) is 3.86. The van der Waals surface area contributed by atoms with Crippen LogP contribution in [0.5, 0.6) is 0 Å². The van der Waals surface area contributed by atoms with Gasteiger partial charge in [0.15, 0.2) is 0 Å². The van der Waals surface area contributed by atoms with E-state index in [0.29, 0.717) is 30.1 Å². The average Bonchev–Trinajstić information content (AvgIpc) is 2.74. The van der Waals surface area contributed by atoms with Crippen molar-refractivity contribution in [2.75, 3.05) is 24.3 Å². The second kappa shape index (κ2) is 8.92. The molecule has 1 aromatic heterocycles. The number of hydrogen-bond donors (Lipinski definition) is 2. The molecule has 1 aliphatic rings. The topological polar surface area (TPSA) is 53.1 Å². The van der Waals surface area contributed by atoms with Crippen molar-refractivity contribution in [3.05, 3.63) is 59.7 Å². The van der Waals surface area contributed by atoms with E-state index in [2.05, 4.69) is 15.6 Å². The van der Waals surface area contributed by atoms with E-state index in [9.17, 15) is 8.78 Å². The Hall–Kier alpha value is -2.80. The van der Waals surface area contributed by atoms with E-state index in [0.717, 1.165) is 48.5 Å². The number of halogens is 2. The second-order valence-corrected chi connectivity index (χ2v) is 8.09. The molecule has 2 N–H and O–H groups in total. The number of hydrogen-bond acceptors (Lipinski definition) is 5. The molecule has 0 spiro atoms. The fraction of sp³-hybridized carbons (Fsp3) is 0.391. The van der Waals surface area contributed by atoms with E-state index < -0.39 is 5.82 Å². The summed E-state index contributed by atoms with van der Waals surface area (Å²) in [5, 5.41) is 7.89. The van der Waals surface area contributed by atoms with Gasteiger partial charge in [0.25, 0.3) is 0 Å². The van der Waals surface area contributed by atoms with Crippen LogP contribution < -0.4 is 15.5 Å². The van der Waals surface area contributed by atoms with E-state index in [1.807, 2.05) is 43.3 Å². The van der Waals surface area contributed by atoms with Gasteiger partial charge in [-0.15, -0.1) is 0 Å². The van der Waals surface area contributed by atoms with Crippen molar-refractivity contribution in [2.24, 2.45) is 0 Å². The third kappa shape index (κ3) is 4.67. The molecular weight excluding hydrogens is 384 g/mol. The highest BCUT2D eigenvalue weighted by molar-refractivity contribution is 5.90. The standard InChI is InChI=1S/C23H27F2N5/c1-30(2)22-19-5-3-4-6-21(19)28-23(29-22)27-18-10-8-17(9-11-18)26-14-15-13-16(24)7-12-20(15)25/h3-7,12-13,17-18,26H,8-11,14H2,1-2H3,(H,27,28,29). The van der Waals surface area contributed by atoms with Gasteiger partial charge in [0.05, 0.1) is 5.52 Å². The lowest BCUT2D eigenvalue weighted by Crippen LogP contribution is -2.37. The third-order valence-electron chi connectivity index (χ3n) is 5.66. The number of nitrogens with zero attached hydrogens (tertiary/aromatic N) is 3. The van der Waals surface area contributed by atoms with Crippen molar-refractivity contribution in [3.8, 4) is 0 Å². The first kappa shape index (κ1) is 20.5. The highest BCUT2D eigenvalue weighted by atomic mass is 19.1. The lowest BCUT2D eigenvalue weighted by atomic mass is 9.91. The van der Waals surface area contributed by atoms with Gasteiger partial charge in [-0.1, -0.05) is 12.1 Å². The van der Waals surface area contributed by atoms with Crippen molar-refractivity contribution in [3.63, 3.8) is 0 Å². The maximum Gasteiger partial charge on any atom is 0.225 e. The van der Waals surface area contributed by atoms with Crippen molar-refractivity contribution < 1.29 is 8.78 Å². The molecule has 0 unspecified atom stereocenters. The first-order valence-electron chi connectivity index (χ1n) is 10.4. The van der Waals surface area contributed by atoms with Crippen molar-refractivity contribution in [2.45, 2.75) is 44.3 Å². The molecule has 0 bridgehead atoms. The quantitative estimate of drug-likeness (QED) is 0.626. The Kier molecular flexibility index (Phi) is 6.08. The highest BCUT2D eigenvalue weighted by Gasteiger charge is 2.22. The van der Waals surface area contributed by atoms with Crippen molar-refractivity contribution in [1.29, 1.82) is 0 Å². The number of fused-ring (bicyclic) bond motifs is 1. The summed E-state index contributed by atoms with van der Waals surface area (Å²) in [4.78, 5) is 11.4. The molecule has 5 nitrogen and oxygen atoms in total. The zero-order valence-corrected chi connectivity index (χ0v) is 17.3. The monoisotopic (exact) mass is 411 g/mol. The molecule has 1 heterocycles. The predicted molar refractivity (Wildman–Crippen MR) is 117 cm³/mol. The Balaban J connectivity index is 1.35. The predicted octanol–water partition coefficient (Wildman–Crippen LogP) is 4.49. The van der Waals surface area contributed by atoms with Gasteiger partial charge < -0.3 is 15.5 Å². The van der Waals surface area contributed by atoms with Gasteiger partial charge in [0.2, 0.25) is 5.95 Å². The van der Waals surface area contributed by atoms with Gasteiger partial charge >= 0.3 is 0 Å². The molecule has 158 valence electrons. The van der Waals surface area contributed by atoms with E-state index in [-0.39, 0.29) is 5.82 Å². The number of nitrogens with one attached hydrogen (secondary N) is 2. The molecule has 0 amide bonds. The molecule has 1 aliphatic carbocycles. The largest absolute Gasteiger partial charge is 0.362 e. The van der Waals surface area contributed by atoms with Crippen LogP contribution in [0.2, 0.25) is 0 Å². The summed E-state index contributed by atoms with van der Waals surface area (Å²) in [5.41, 5.74) is 1.29. The zero-order chi connectivity index (χ0) is 21.1. The first-order valence-corrected chi connectivity index (χ1v) is 10.4. The zero-order valence-electron chi connectivity index (χ0n) is 17.3. The average molecular weight is 412 g/mol.